The number of nitrogens with zero attached hydrogens (tertiary/aromatic N) is 1. The zero-order valence-corrected chi connectivity index (χ0v) is 12.4. The summed E-state index contributed by atoms with van der Waals surface area (Å²) in [5.41, 5.74) is 3.37. The van der Waals surface area contributed by atoms with Crippen molar-refractivity contribution in [2.75, 3.05) is 13.7 Å². The Hall–Kier alpha value is -1.34. The SMILES string of the molecule is CCNC(=S)N/N=C/c1ccc(OC)c(O)c1Br. The van der Waals surface area contributed by atoms with Gasteiger partial charge in [-0.25, -0.2) is 0 Å². The van der Waals surface area contributed by atoms with Gasteiger partial charge in [0.15, 0.2) is 16.6 Å². The Labute approximate surface area is 119 Å². The minimum atomic E-state index is 0.0377. The smallest absolute Gasteiger partial charge is 0.186 e. The van der Waals surface area contributed by atoms with Crippen LogP contribution < -0.4 is 15.5 Å². The summed E-state index contributed by atoms with van der Waals surface area (Å²) in [4.78, 5) is 0. The maximum atomic E-state index is 9.78. The Morgan fingerprint density at radius 1 is 1.61 bits per heavy atom. The summed E-state index contributed by atoms with van der Waals surface area (Å²) in [6, 6.07) is 3.42. The highest BCUT2D eigenvalue weighted by molar-refractivity contribution is 9.10. The number of benzene rings is 1. The van der Waals surface area contributed by atoms with Crippen molar-refractivity contribution >= 4 is 39.5 Å². The lowest BCUT2D eigenvalue weighted by molar-refractivity contribution is 0.372. The average Bonchev–Trinajstić information content (AvgIpc) is 2.35. The molecule has 0 aliphatic rings. The van der Waals surface area contributed by atoms with Gasteiger partial charge >= 0.3 is 0 Å². The van der Waals surface area contributed by atoms with Crippen LogP contribution >= 0.6 is 28.1 Å². The predicted octanol–water partition coefficient (Wildman–Crippen LogP) is 1.98. The second-order valence-electron chi connectivity index (χ2n) is 3.25. The van der Waals surface area contributed by atoms with E-state index in [2.05, 4.69) is 31.8 Å². The van der Waals surface area contributed by atoms with Crippen LogP contribution in [-0.4, -0.2) is 30.1 Å². The van der Waals surface area contributed by atoms with Crippen molar-refractivity contribution in [3.63, 3.8) is 0 Å². The van der Waals surface area contributed by atoms with Gasteiger partial charge in [0.25, 0.3) is 0 Å². The highest BCUT2D eigenvalue weighted by Crippen LogP contribution is 2.35. The van der Waals surface area contributed by atoms with E-state index >= 15 is 0 Å². The Kier molecular flexibility index (Phi) is 5.87. The fourth-order valence-corrected chi connectivity index (χ4v) is 1.81. The van der Waals surface area contributed by atoms with Crippen LogP contribution in [0.3, 0.4) is 0 Å². The number of rotatable bonds is 4. The average molecular weight is 332 g/mol. The first-order valence-electron chi connectivity index (χ1n) is 5.22. The molecular formula is C11H14BrN3O2S. The molecule has 0 aromatic heterocycles. The largest absolute Gasteiger partial charge is 0.503 e. The number of aromatic hydroxyl groups is 1. The summed E-state index contributed by atoms with van der Waals surface area (Å²) in [5, 5.41) is 17.1. The molecule has 1 aromatic carbocycles. The second-order valence-corrected chi connectivity index (χ2v) is 4.45. The minimum absolute atomic E-state index is 0.0377. The van der Waals surface area contributed by atoms with E-state index in [0.717, 1.165) is 6.54 Å². The number of hydrazone groups is 1. The minimum Gasteiger partial charge on any atom is -0.503 e. The van der Waals surface area contributed by atoms with Crippen LogP contribution in [0.2, 0.25) is 0 Å². The van der Waals surface area contributed by atoms with Gasteiger partial charge < -0.3 is 15.2 Å². The molecule has 1 aromatic rings. The van der Waals surface area contributed by atoms with Gasteiger partial charge in [-0.2, -0.15) is 5.10 Å². The quantitative estimate of drug-likeness (QED) is 0.447. The molecule has 5 nitrogen and oxygen atoms in total. The van der Waals surface area contributed by atoms with Gasteiger partial charge in [0, 0.05) is 12.1 Å². The van der Waals surface area contributed by atoms with Gasteiger partial charge in [-0.05, 0) is 47.2 Å². The fourth-order valence-electron chi connectivity index (χ4n) is 1.19. The van der Waals surface area contributed by atoms with Crippen molar-refractivity contribution in [2.24, 2.45) is 5.10 Å². The number of phenols is 1. The predicted molar refractivity (Wildman–Crippen MR) is 79.4 cm³/mol. The molecular weight excluding hydrogens is 318 g/mol. The van der Waals surface area contributed by atoms with Gasteiger partial charge in [0.1, 0.15) is 0 Å². The third kappa shape index (κ3) is 3.85. The number of hydrogen-bond acceptors (Lipinski definition) is 4. The van der Waals surface area contributed by atoms with Gasteiger partial charge in [-0.3, -0.25) is 5.43 Å². The number of halogens is 1. The molecule has 18 heavy (non-hydrogen) atoms. The molecule has 0 bridgehead atoms. The molecule has 0 unspecified atom stereocenters. The van der Waals surface area contributed by atoms with Crippen LogP contribution in [-0.2, 0) is 0 Å². The zero-order chi connectivity index (χ0) is 13.5. The zero-order valence-electron chi connectivity index (χ0n) is 10.0. The van der Waals surface area contributed by atoms with E-state index in [9.17, 15) is 5.11 Å². The van der Waals surface area contributed by atoms with E-state index in [-0.39, 0.29) is 5.75 Å². The molecule has 0 saturated carbocycles. The highest BCUT2D eigenvalue weighted by Gasteiger charge is 2.09. The summed E-state index contributed by atoms with van der Waals surface area (Å²) in [6.45, 7) is 2.67. The van der Waals surface area contributed by atoms with Crippen LogP contribution in [0.15, 0.2) is 21.7 Å². The van der Waals surface area contributed by atoms with Gasteiger partial charge in [-0.1, -0.05) is 0 Å². The topological polar surface area (TPSA) is 65.9 Å². The van der Waals surface area contributed by atoms with Gasteiger partial charge in [-0.15, -0.1) is 0 Å². The molecule has 0 amide bonds. The molecule has 0 atom stereocenters. The summed E-state index contributed by atoms with van der Waals surface area (Å²) in [6.07, 6.45) is 1.55. The number of phenolic OH excluding ortho intramolecular Hbond substituents is 1. The van der Waals surface area contributed by atoms with Crippen LogP contribution in [0.4, 0.5) is 0 Å². The maximum Gasteiger partial charge on any atom is 0.186 e. The molecule has 0 heterocycles. The van der Waals surface area contributed by atoms with Crippen molar-refractivity contribution in [1.29, 1.82) is 0 Å². The molecule has 3 N–H and O–H groups in total. The van der Waals surface area contributed by atoms with Gasteiger partial charge in [0.05, 0.1) is 17.8 Å². The molecule has 98 valence electrons. The van der Waals surface area contributed by atoms with Crippen LogP contribution in [0.1, 0.15) is 12.5 Å². The number of methoxy groups -OCH3 is 1. The third-order valence-electron chi connectivity index (χ3n) is 2.04. The first-order chi connectivity index (χ1) is 8.60. The molecule has 0 radical (unpaired) electrons. The first kappa shape index (κ1) is 14.7. The third-order valence-corrected chi connectivity index (χ3v) is 3.11. The molecule has 0 spiro atoms. The molecule has 1 rings (SSSR count). The molecule has 0 aliphatic carbocycles. The van der Waals surface area contributed by atoms with Crippen molar-refractivity contribution in [1.82, 2.24) is 10.7 Å². The van der Waals surface area contributed by atoms with E-state index in [4.69, 9.17) is 17.0 Å². The standard InChI is InChI=1S/C11H14BrN3O2S/c1-3-13-11(18)15-14-6-7-4-5-8(17-2)10(16)9(7)12/h4-6,16H,3H2,1-2H3,(H2,13,15,18)/b14-6+. The normalized spacial score (nSPS) is 10.4. The summed E-state index contributed by atoms with van der Waals surface area (Å²) >= 11 is 8.22. The lowest BCUT2D eigenvalue weighted by atomic mass is 10.2. The molecule has 0 aliphatic heterocycles. The van der Waals surface area contributed by atoms with E-state index in [1.165, 1.54) is 7.11 Å². The lowest BCUT2D eigenvalue weighted by Gasteiger charge is -2.07. The maximum absolute atomic E-state index is 9.78. The second kappa shape index (κ2) is 7.17. The van der Waals surface area contributed by atoms with Crippen LogP contribution in [0, 0.1) is 0 Å². The van der Waals surface area contributed by atoms with Crippen molar-refractivity contribution in [3.8, 4) is 11.5 Å². The van der Waals surface area contributed by atoms with E-state index in [1.807, 2.05) is 6.92 Å². The highest BCUT2D eigenvalue weighted by atomic mass is 79.9. The Balaban J connectivity index is 2.76. The Bertz CT molecular complexity index is 466. The first-order valence-corrected chi connectivity index (χ1v) is 6.42. The number of hydrogen-bond donors (Lipinski definition) is 3. The number of ether oxygens (including phenoxy) is 1. The van der Waals surface area contributed by atoms with Gasteiger partial charge in [0.2, 0.25) is 0 Å². The summed E-state index contributed by atoms with van der Waals surface area (Å²) in [5.74, 6) is 0.436. The van der Waals surface area contributed by atoms with Crippen LogP contribution in [0.5, 0.6) is 11.5 Å². The summed E-state index contributed by atoms with van der Waals surface area (Å²) < 4.78 is 5.50. The molecule has 0 fully saturated rings. The number of thiocarbonyl (C=S) groups is 1. The van der Waals surface area contributed by atoms with Crippen molar-refractivity contribution in [3.05, 3.63) is 22.2 Å². The molecule has 0 saturated heterocycles. The summed E-state index contributed by atoms with van der Waals surface area (Å²) in [7, 11) is 1.49. The lowest BCUT2D eigenvalue weighted by Crippen LogP contribution is -2.31. The van der Waals surface area contributed by atoms with Crippen LogP contribution in [0.25, 0.3) is 0 Å². The molecule has 7 heteroatoms. The van der Waals surface area contributed by atoms with E-state index < -0.39 is 0 Å². The Morgan fingerprint density at radius 3 is 2.94 bits per heavy atom. The van der Waals surface area contributed by atoms with E-state index in [1.54, 1.807) is 18.3 Å². The monoisotopic (exact) mass is 331 g/mol. The fraction of sp³-hybridized carbons (Fsp3) is 0.273. The Morgan fingerprint density at radius 2 is 2.33 bits per heavy atom. The number of nitrogens with one attached hydrogen (secondary N) is 2. The van der Waals surface area contributed by atoms with Crippen molar-refractivity contribution < 1.29 is 9.84 Å². The van der Waals surface area contributed by atoms with E-state index in [0.29, 0.717) is 20.9 Å². The van der Waals surface area contributed by atoms with Crippen molar-refractivity contribution in [2.45, 2.75) is 6.92 Å².